The lowest BCUT2D eigenvalue weighted by molar-refractivity contribution is -0.141. The molecule has 0 bridgehead atoms. The van der Waals surface area contributed by atoms with Gasteiger partial charge in [-0.3, -0.25) is 0 Å². The third kappa shape index (κ3) is 1.93. The fourth-order valence-corrected chi connectivity index (χ4v) is 1.65. The van der Waals surface area contributed by atoms with Gasteiger partial charge in [0.15, 0.2) is 5.69 Å². The van der Waals surface area contributed by atoms with Crippen LogP contribution >= 0.6 is 0 Å². The second-order valence-corrected chi connectivity index (χ2v) is 4.24. The zero-order chi connectivity index (χ0) is 11.9. The van der Waals surface area contributed by atoms with Crippen molar-refractivity contribution in [3.63, 3.8) is 0 Å². The van der Waals surface area contributed by atoms with E-state index in [1.165, 1.54) is 0 Å². The average Bonchev–Trinajstić information content (AvgIpc) is 2.44. The molecular formula is C10H13F3N2O. The van der Waals surface area contributed by atoms with Crippen molar-refractivity contribution < 1.29 is 17.9 Å². The Balaban J connectivity index is 2.37. The number of hydrogen-bond donors (Lipinski definition) is 0. The number of imidazole rings is 1. The molecular weight excluding hydrogens is 221 g/mol. The number of nitrogens with zero attached hydrogens (tertiary/aromatic N) is 2. The molecule has 0 N–H and O–H groups in total. The molecule has 0 radical (unpaired) electrons. The minimum atomic E-state index is -4.38. The molecule has 1 aromatic rings. The number of rotatable bonds is 2. The van der Waals surface area contributed by atoms with E-state index in [-0.39, 0.29) is 12.0 Å². The van der Waals surface area contributed by atoms with Gasteiger partial charge in [-0.15, -0.1) is 0 Å². The highest BCUT2D eigenvalue weighted by atomic mass is 19.4. The minimum absolute atomic E-state index is 0.000926. The van der Waals surface area contributed by atoms with E-state index in [0.717, 1.165) is 6.20 Å². The van der Waals surface area contributed by atoms with Gasteiger partial charge in [0.25, 0.3) is 0 Å². The molecule has 1 aromatic heterocycles. The minimum Gasteiger partial charge on any atom is -0.377 e. The van der Waals surface area contributed by atoms with Crippen LogP contribution in [0.5, 0.6) is 0 Å². The van der Waals surface area contributed by atoms with Gasteiger partial charge in [0.1, 0.15) is 5.82 Å². The summed E-state index contributed by atoms with van der Waals surface area (Å²) in [5.41, 5.74) is -0.817. The zero-order valence-electron chi connectivity index (χ0n) is 9.08. The molecule has 0 aromatic carbocycles. The van der Waals surface area contributed by atoms with E-state index in [1.807, 2.05) is 13.8 Å². The molecule has 0 unspecified atom stereocenters. The van der Waals surface area contributed by atoms with Gasteiger partial charge in [-0.1, -0.05) is 13.8 Å². The molecule has 3 nitrogen and oxygen atoms in total. The van der Waals surface area contributed by atoms with Gasteiger partial charge < -0.3 is 9.30 Å². The van der Waals surface area contributed by atoms with Crippen LogP contribution in [0.1, 0.15) is 37.3 Å². The first-order chi connectivity index (χ1) is 7.39. The van der Waals surface area contributed by atoms with Crippen molar-refractivity contribution in [3.05, 3.63) is 17.7 Å². The number of halogens is 3. The van der Waals surface area contributed by atoms with Crippen LogP contribution in [0.3, 0.4) is 0 Å². The maximum atomic E-state index is 12.5. The molecule has 6 heteroatoms. The Bertz CT molecular complexity index is 380. The number of alkyl halides is 3. The normalized spacial score (nSPS) is 17.9. The summed E-state index contributed by atoms with van der Waals surface area (Å²) >= 11 is 0. The van der Waals surface area contributed by atoms with Gasteiger partial charge in [0.05, 0.1) is 19.3 Å². The first-order valence-corrected chi connectivity index (χ1v) is 5.13. The third-order valence-electron chi connectivity index (χ3n) is 2.58. The summed E-state index contributed by atoms with van der Waals surface area (Å²) in [4.78, 5) is 3.67. The summed E-state index contributed by atoms with van der Waals surface area (Å²) in [6.45, 7) is 4.60. The zero-order valence-corrected chi connectivity index (χ0v) is 9.08. The summed E-state index contributed by atoms with van der Waals surface area (Å²) in [7, 11) is 0. The van der Waals surface area contributed by atoms with Gasteiger partial charge in [-0.25, -0.2) is 4.98 Å². The summed E-state index contributed by atoms with van der Waals surface area (Å²) in [6, 6.07) is 0.000926. The quantitative estimate of drug-likeness (QED) is 0.786. The van der Waals surface area contributed by atoms with Crippen LogP contribution in [0.4, 0.5) is 13.2 Å². The van der Waals surface area contributed by atoms with E-state index in [0.29, 0.717) is 19.0 Å². The van der Waals surface area contributed by atoms with Gasteiger partial charge in [0.2, 0.25) is 0 Å². The van der Waals surface area contributed by atoms with Crippen molar-refractivity contribution >= 4 is 0 Å². The smallest absolute Gasteiger partial charge is 0.377 e. The number of aromatic nitrogens is 2. The van der Waals surface area contributed by atoms with Crippen LogP contribution in [0.25, 0.3) is 0 Å². The second-order valence-electron chi connectivity index (χ2n) is 4.24. The van der Waals surface area contributed by atoms with E-state index in [1.54, 1.807) is 4.57 Å². The number of ether oxygens (including phenoxy) is 1. The molecule has 0 aliphatic carbocycles. The van der Waals surface area contributed by atoms with Crippen molar-refractivity contribution in [1.82, 2.24) is 9.55 Å². The molecule has 2 heterocycles. The highest BCUT2D eigenvalue weighted by Gasteiger charge is 2.36. The lowest BCUT2D eigenvalue weighted by atomic mass is 10.2. The van der Waals surface area contributed by atoms with Crippen molar-refractivity contribution in [3.8, 4) is 0 Å². The lowest BCUT2D eigenvalue weighted by Crippen LogP contribution is -2.31. The van der Waals surface area contributed by atoms with Crippen LogP contribution in [-0.2, 0) is 10.9 Å². The Morgan fingerprint density at radius 3 is 2.44 bits per heavy atom. The molecule has 2 rings (SSSR count). The summed E-state index contributed by atoms with van der Waals surface area (Å²) in [6.07, 6.45) is -3.29. The lowest BCUT2D eigenvalue weighted by Gasteiger charge is -2.29. The molecule has 0 atom stereocenters. The monoisotopic (exact) mass is 234 g/mol. The Hall–Kier alpha value is -1.04. The van der Waals surface area contributed by atoms with E-state index < -0.39 is 11.9 Å². The summed E-state index contributed by atoms with van der Waals surface area (Å²) in [5.74, 6) is 0.442. The van der Waals surface area contributed by atoms with Crippen molar-refractivity contribution in [1.29, 1.82) is 0 Å². The SMILES string of the molecule is CC(C)c1nc(C(F)(F)F)cn1C1COC1. The second kappa shape index (κ2) is 3.76. The third-order valence-corrected chi connectivity index (χ3v) is 2.58. The fourth-order valence-electron chi connectivity index (χ4n) is 1.65. The maximum Gasteiger partial charge on any atom is 0.434 e. The molecule has 1 fully saturated rings. The fraction of sp³-hybridized carbons (Fsp3) is 0.700. The first-order valence-electron chi connectivity index (χ1n) is 5.13. The maximum absolute atomic E-state index is 12.5. The van der Waals surface area contributed by atoms with Crippen molar-refractivity contribution in [2.75, 3.05) is 13.2 Å². The highest BCUT2D eigenvalue weighted by molar-refractivity contribution is 5.12. The molecule has 0 saturated carbocycles. The standard InChI is InChI=1S/C10H13F3N2O/c1-6(2)9-14-8(10(11,12)13)3-15(9)7-4-16-5-7/h3,6-7H,4-5H2,1-2H3. The summed E-state index contributed by atoms with van der Waals surface area (Å²) < 4.78 is 44.2. The molecule has 90 valence electrons. The Morgan fingerprint density at radius 1 is 1.44 bits per heavy atom. The predicted molar refractivity (Wildman–Crippen MR) is 51.2 cm³/mol. The Labute approximate surface area is 91.2 Å². The van der Waals surface area contributed by atoms with Crippen LogP contribution in [0.2, 0.25) is 0 Å². The largest absolute Gasteiger partial charge is 0.434 e. The summed E-state index contributed by atoms with van der Waals surface area (Å²) in [5, 5.41) is 0. The molecule has 16 heavy (non-hydrogen) atoms. The Kier molecular flexibility index (Phi) is 2.69. The molecule has 1 saturated heterocycles. The van der Waals surface area contributed by atoms with Crippen LogP contribution in [0, 0.1) is 0 Å². The predicted octanol–water partition coefficient (Wildman–Crippen LogP) is 2.60. The van der Waals surface area contributed by atoms with E-state index in [9.17, 15) is 13.2 Å². The Morgan fingerprint density at radius 2 is 2.06 bits per heavy atom. The van der Waals surface area contributed by atoms with Crippen molar-refractivity contribution in [2.45, 2.75) is 32.0 Å². The van der Waals surface area contributed by atoms with Gasteiger partial charge in [0, 0.05) is 12.1 Å². The molecule has 0 amide bonds. The first kappa shape index (κ1) is 11.4. The van der Waals surface area contributed by atoms with E-state index in [4.69, 9.17) is 4.74 Å². The van der Waals surface area contributed by atoms with E-state index >= 15 is 0 Å². The van der Waals surface area contributed by atoms with Gasteiger partial charge >= 0.3 is 6.18 Å². The van der Waals surface area contributed by atoms with E-state index in [2.05, 4.69) is 4.98 Å². The van der Waals surface area contributed by atoms with Crippen LogP contribution in [-0.4, -0.2) is 22.8 Å². The average molecular weight is 234 g/mol. The molecule has 1 aliphatic heterocycles. The van der Waals surface area contributed by atoms with Gasteiger partial charge in [-0.05, 0) is 0 Å². The highest BCUT2D eigenvalue weighted by Crippen LogP contribution is 2.32. The van der Waals surface area contributed by atoms with Gasteiger partial charge in [-0.2, -0.15) is 13.2 Å². The topological polar surface area (TPSA) is 27.1 Å². The molecule has 0 spiro atoms. The molecule has 1 aliphatic rings. The number of hydrogen-bond acceptors (Lipinski definition) is 2. The van der Waals surface area contributed by atoms with Crippen LogP contribution < -0.4 is 0 Å². The van der Waals surface area contributed by atoms with Crippen LogP contribution in [0.15, 0.2) is 6.20 Å². The van der Waals surface area contributed by atoms with Crippen molar-refractivity contribution in [2.24, 2.45) is 0 Å².